The zero-order chi connectivity index (χ0) is 15.9. The van der Waals surface area contributed by atoms with Gasteiger partial charge in [0.2, 0.25) is 5.56 Å². The number of hydrogen-bond donors (Lipinski definition) is 1. The molecule has 1 N–H and O–H groups in total. The Bertz CT molecular complexity index is 895. The third-order valence-corrected chi connectivity index (χ3v) is 3.33. The fourth-order valence-electron chi connectivity index (χ4n) is 2.31. The number of hydrogen-bond acceptors (Lipinski definition) is 1. The lowest BCUT2D eigenvalue weighted by Crippen LogP contribution is -2.13. The lowest BCUT2D eigenvalue weighted by Gasteiger charge is -2.11. The Morgan fingerprint density at radius 1 is 0.864 bits per heavy atom. The predicted octanol–water partition coefficient (Wildman–Crippen LogP) is 4.35. The van der Waals surface area contributed by atoms with Crippen molar-refractivity contribution in [3.8, 4) is 11.1 Å². The average molecular weight is 307 g/mol. The molecule has 0 aliphatic carbocycles. The van der Waals surface area contributed by atoms with Crippen molar-refractivity contribution in [3.63, 3.8) is 0 Å². The summed E-state index contributed by atoms with van der Waals surface area (Å²) < 4.78 is 52.2. The van der Waals surface area contributed by atoms with Gasteiger partial charge in [-0.2, -0.15) is 13.2 Å². The number of nitrogens with one attached hydrogen (secondary N) is 1. The maximum Gasteiger partial charge on any atom is 0.417 e. The highest BCUT2D eigenvalue weighted by Gasteiger charge is 2.33. The maximum absolute atomic E-state index is 13.1. The zero-order valence-electron chi connectivity index (χ0n) is 11.0. The largest absolute Gasteiger partial charge is 0.417 e. The summed E-state index contributed by atoms with van der Waals surface area (Å²) in [5.41, 5.74) is -0.608. The molecule has 0 saturated heterocycles. The van der Waals surface area contributed by atoms with Crippen LogP contribution < -0.4 is 5.56 Å². The molecule has 2 nitrogen and oxygen atoms in total. The molecule has 0 unspecified atom stereocenters. The second kappa shape index (κ2) is 4.98. The van der Waals surface area contributed by atoms with Crippen LogP contribution in [0, 0.1) is 5.82 Å². The van der Waals surface area contributed by atoms with E-state index >= 15 is 0 Å². The molecule has 0 fully saturated rings. The molecule has 0 spiro atoms. The van der Waals surface area contributed by atoms with Crippen molar-refractivity contribution >= 4 is 10.9 Å². The molecule has 0 amide bonds. The SMILES string of the molecule is O=c1cc(C(F)(F)F)c2cc(-c3ccc(F)cc3)ccc2[nH]1. The van der Waals surface area contributed by atoms with E-state index in [-0.39, 0.29) is 10.9 Å². The van der Waals surface area contributed by atoms with Gasteiger partial charge in [-0.3, -0.25) is 4.79 Å². The van der Waals surface area contributed by atoms with Crippen molar-refractivity contribution in [2.75, 3.05) is 0 Å². The van der Waals surface area contributed by atoms with E-state index in [1.54, 1.807) is 6.07 Å². The van der Waals surface area contributed by atoms with E-state index in [0.29, 0.717) is 17.2 Å². The summed E-state index contributed by atoms with van der Waals surface area (Å²) in [6.07, 6.45) is -4.63. The van der Waals surface area contributed by atoms with Gasteiger partial charge in [0.1, 0.15) is 5.82 Å². The molecular formula is C16H9F4NO. The van der Waals surface area contributed by atoms with Crippen LogP contribution in [0.2, 0.25) is 0 Å². The minimum absolute atomic E-state index is 0.102. The highest BCUT2D eigenvalue weighted by atomic mass is 19.4. The molecule has 3 rings (SSSR count). The van der Waals surface area contributed by atoms with Crippen LogP contribution in [0.5, 0.6) is 0 Å². The van der Waals surface area contributed by atoms with Crippen LogP contribution in [-0.2, 0) is 6.18 Å². The molecule has 0 saturated carbocycles. The Hall–Kier alpha value is -2.63. The van der Waals surface area contributed by atoms with Gasteiger partial charge in [0.15, 0.2) is 0 Å². The van der Waals surface area contributed by atoms with E-state index in [1.165, 1.54) is 36.4 Å². The van der Waals surface area contributed by atoms with Gasteiger partial charge in [-0.25, -0.2) is 4.39 Å². The summed E-state index contributed by atoms with van der Waals surface area (Å²) in [6.45, 7) is 0. The van der Waals surface area contributed by atoms with Crippen molar-refractivity contribution < 1.29 is 17.6 Å². The third kappa shape index (κ3) is 2.59. The quantitative estimate of drug-likeness (QED) is 0.666. The summed E-state index contributed by atoms with van der Waals surface area (Å²) in [5.74, 6) is -0.426. The van der Waals surface area contributed by atoms with Crippen molar-refractivity contribution in [2.24, 2.45) is 0 Å². The maximum atomic E-state index is 13.1. The van der Waals surface area contributed by atoms with Crippen LogP contribution >= 0.6 is 0 Å². The van der Waals surface area contributed by atoms with Gasteiger partial charge in [-0.1, -0.05) is 18.2 Å². The van der Waals surface area contributed by atoms with Gasteiger partial charge in [0.25, 0.3) is 0 Å². The number of halogens is 4. The second-order valence-electron chi connectivity index (χ2n) is 4.81. The first-order valence-corrected chi connectivity index (χ1v) is 6.35. The summed E-state index contributed by atoms with van der Waals surface area (Å²) in [7, 11) is 0. The number of pyridine rings is 1. The molecule has 3 aromatic rings. The van der Waals surface area contributed by atoms with Gasteiger partial charge in [-0.15, -0.1) is 0 Å². The molecule has 0 aliphatic heterocycles. The highest BCUT2D eigenvalue weighted by molar-refractivity contribution is 5.87. The molecule has 2 aromatic carbocycles. The lowest BCUT2D eigenvalue weighted by molar-refractivity contribution is -0.136. The number of aromatic amines is 1. The van der Waals surface area contributed by atoms with E-state index in [0.717, 1.165) is 0 Å². The average Bonchev–Trinajstić information content (AvgIpc) is 2.46. The van der Waals surface area contributed by atoms with E-state index in [1.807, 2.05) is 0 Å². The number of rotatable bonds is 1. The zero-order valence-corrected chi connectivity index (χ0v) is 11.0. The van der Waals surface area contributed by atoms with Gasteiger partial charge < -0.3 is 4.98 Å². The van der Waals surface area contributed by atoms with Crippen LogP contribution in [0.3, 0.4) is 0 Å². The Balaban J connectivity index is 2.26. The van der Waals surface area contributed by atoms with Crippen molar-refractivity contribution in [2.45, 2.75) is 6.18 Å². The smallest absolute Gasteiger partial charge is 0.322 e. The molecule has 0 bridgehead atoms. The molecule has 6 heteroatoms. The standard InChI is InChI=1S/C16H9F4NO/c17-11-4-1-9(2-5-11)10-3-6-14-12(7-10)13(16(18,19)20)8-15(22)21-14/h1-8H,(H,21,22). The number of aromatic nitrogens is 1. The number of H-pyrrole nitrogens is 1. The number of benzene rings is 2. The van der Waals surface area contributed by atoms with Crippen molar-refractivity contribution in [1.82, 2.24) is 4.98 Å². The van der Waals surface area contributed by atoms with Crippen LogP contribution in [-0.4, -0.2) is 4.98 Å². The third-order valence-electron chi connectivity index (χ3n) is 3.33. The van der Waals surface area contributed by atoms with E-state index in [2.05, 4.69) is 4.98 Å². The monoisotopic (exact) mass is 307 g/mol. The molecule has 0 aliphatic rings. The number of fused-ring (bicyclic) bond motifs is 1. The normalized spacial score (nSPS) is 11.8. The molecule has 112 valence electrons. The van der Waals surface area contributed by atoms with Gasteiger partial charge in [0.05, 0.1) is 5.56 Å². The summed E-state index contributed by atoms with van der Waals surface area (Å²) in [6, 6.07) is 10.3. The molecule has 1 aromatic heterocycles. The number of alkyl halides is 3. The van der Waals surface area contributed by atoms with E-state index in [9.17, 15) is 22.4 Å². The summed E-state index contributed by atoms with van der Waals surface area (Å²) in [4.78, 5) is 13.7. The van der Waals surface area contributed by atoms with Crippen molar-refractivity contribution in [1.29, 1.82) is 0 Å². The Kier molecular flexibility index (Phi) is 3.24. The van der Waals surface area contributed by atoms with Gasteiger partial charge in [-0.05, 0) is 35.4 Å². The fourth-order valence-corrected chi connectivity index (χ4v) is 2.31. The first-order chi connectivity index (χ1) is 10.3. The molecule has 22 heavy (non-hydrogen) atoms. The van der Waals surface area contributed by atoms with E-state index < -0.39 is 23.1 Å². The Labute approximate surface area is 122 Å². The summed E-state index contributed by atoms with van der Waals surface area (Å²) in [5, 5.41) is -0.103. The first kappa shape index (κ1) is 14.3. The van der Waals surface area contributed by atoms with Crippen LogP contribution in [0.4, 0.5) is 17.6 Å². The minimum atomic E-state index is -4.63. The summed E-state index contributed by atoms with van der Waals surface area (Å²) >= 11 is 0. The molecule has 0 radical (unpaired) electrons. The topological polar surface area (TPSA) is 32.9 Å². The van der Waals surface area contributed by atoms with E-state index in [4.69, 9.17) is 0 Å². The van der Waals surface area contributed by atoms with Crippen LogP contribution in [0.25, 0.3) is 22.0 Å². The van der Waals surface area contributed by atoms with Crippen molar-refractivity contribution in [3.05, 3.63) is 70.3 Å². The Morgan fingerprint density at radius 3 is 2.14 bits per heavy atom. The van der Waals surface area contributed by atoms with Crippen LogP contribution in [0.1, 0.15) is 5.56 Å². The first-order valence-electron chi connectivity index (χ1n) is 6.35. The Morgan fingerprint density at radius 2 is 1.50 bits per heavy atom. The molecule has 1 heterocycles. The lowest BCUT2D eigenvalue weighted by atomic mass is 10.0. The van der Waals surface area contributed by atoms with Gasteiger partial charge in [0, 0.05) is 17.0 Å². The highest BCUT2D eigenvalue weighted by Crippen LogP contribution is 2.35. The minimum Gasteiger partial charge on any atom is -0.322 e. The van der Waals surface area contributed by atoms with Gasteiger partial charge >= 0.3 is 6.18 Å². The molecule has 0 atom stereocenters. The predicted molar refractivity (Wildman–Crippen MR) is 75.0 cm³/mol. The van der Waals surface area contributed by atoms with Crippen LogP contribution in [0.15, 0.2) is 53.3 Å². The second-order valence-corrected chi connectivity index (χ2v) is 4.81. The molecular weight excluding hydrogens is 298 g/mol. The fraction of sp³-hybridized carbons (Fsp3) is 0.0625.